The summed E-state index contributed by atoms with van der Waals surface area (Å²) in [6.45, 7) is 6.40. The van der Waals surface area contributed by atoms with Crippen LogP contribution in [-0.4, -0.2) is 21.6 Å². The van der Waals surface area contributed by atoms with Crippen LogP contribution in [0.25, 0.3) is 0 Å². The largest absolute Gasteiger partial charge is 0.478 e. The van der Waals surface area contributed by atoms with Crippen LogP contribution in [0.15, 0.2) is 24.4 Å². The van der Waals surface area contributed by atoms with Crippen LogP contribution in [0.1, 0.15) is 23.7 Å². The van der Waals surface area contributed by atoms with E-state index >= 15 is 0 Å². The lowest BCUT2D eigenvalue weighted by atomic mass is 10.1. The number of aromatic nitrogens is 2. The van der Waals surface area contributed by atoms with Gasteiger partial charge in [-0.25, -0.2) is 9.97 Å². The monoisotopic (exact) mass is 302 g/mol. The van der Waals surface area contributed by atoms with Crippen molar-refractivity contribution >= 4 is 28.7 Å². The molecular formula is C15H18N4OS. The number of hydrogen-bond acceptors (Lipinski definition) is 5. The minimum atomic E-state index is 0.321. The van der Waals surface area contributed by atoms with Gasteiger partial charge in [0.05, 0.1) is 24.1 Å². The van der Waals surface area contributed by atoms with Gasteiger partial charge in [0.2, 0.25) is 5.88 Å². The first-order chi connectivity index (χ1) is 10.0. The van der Waals surface area contributed by atoms with Crippen LogP contribution in [0, 0.1) is 13.8 Å². The number of pyridine rings is 2. The third-order valence-corrected chi connectivity index (χ3v) is 3.09. The molecule has 0 unspecified atom stereocenters. The maximum absolute atomic E-state index is 5.80. The number of aryl methyl sites for hydroxylation is 2. The normalized spacial score (nSPS) is 10.2. The molecule has 6 heteroatoms. The van der Waals surface area contributed by atoms with E-state index in [1.807, 2.05) is 32.9 Å². The zero-order valence-corrected chi connectivity index (χ0v) is 13.1. The van der Waals surface area contributed by atoms with E-state index in [2.05, 4.69) is 15.3 Å². The number of thiocarbonyl (C=S) groups is 1. The second-order valence-corrected chi connectivity index (χ2v) is 5.05. The highest BCUT2D eigenvalue weighted by Gasteiger charge is 2.12. The zero-order valence-electron chi connectivity index (χ0n) is 12.3. The first-order valence-electron chi connectivity index (χ1n) is 6.65. The SMILES string of the molecule is CCOc1ccc(Nc2nc(C)cc(C)c2C(N)=S)cn1. The van der Waals surface area contributed by atoms with E-state index in [1.165, 1.54) is 0 Å². The summed E-state index contributed by atoms with van der Waals surface area (Å²) < 4.78 is 5.32. The summed E-state index contributed by atoms with van der Waals surface area (Å²) in [5, 5.41) is 3.21. The minimum Gasteiger partial charge on any atom is -0.478 e. The zero-order chi connectivity index (χ0) is 15.4. The Hall–Kier alpha value is -2.21. The molecule has 0 amide bonds. The highest BCUT2D eigenvalue weighted by molar-refractivity contribution is 7.80. The lowest BCUT2D eigenvalue weighted by molar-refractivity contribution is 0.327. The van der Waals surface area contributed by atoms with E-state index in [-0.39, 0.29) is 0 Å². The third-order valence-electron chi connectivity index (χ3n) is 2.88. The molecule has 5 nitrogen and oxygen atoms in total. The van der Waals surface area contributed by atoms with Gasteiger partial charge in [0.1, 0.15) is 10.8 Å². The molecule has 2 aromatic heterocycles. The van der Waals surface area contributed by atoms with Gasteiger partial charge in [0.25, 0.3) is 0 Å². The molecule has 0 aliphatic heterocycles. The molecule has 21 heavy (non-hydrogen) atoms. The predicted molar refractivity (Wildman–Crippen MR) is 88.3 cm³/mol. The average molecular weight is 302 g/mol. The van der Waals surface area contributed by atoms with Gasteiger partial charge in [-0.05, 0) is 38.5 Å². The van der Waals surface area contributed by atoms with Crippen molar-refractivity contribution in [3.63, 3.8) is 0 Å². The Kier molecular flexibility index (Phi) is 4.70. The molecule has 0 fully saturated rings. The summed E-state index contributed by atoms with van der Waals surface area (Å²) in [6, 6.07) is 5.63. The molecule has 0 aliphatic carbocycles. The summed E-state index contributed by atoms with van der Waals surface area (Å²) in [6.07, 6.45) is 1.69. The lowest BCUT2D eigenvalue weighted by Crippen LogP contribution is -2.15. The molecule has 0 aliphatic rings. The Balaban J connectivity index is 2.32. The molecule has 0 spiro atoms. The molecular weight excluding hydrogens is 284 g/mol. The van der Waals surface area contributed by atoms with Crippen molar-refractivity contribution in [3.8, 4) is 5.88 Å². The van der Waals surface area contributed by atoms with Crippen LogP contribution in [0.5, 0.6) is 5.88 Å². The summed E-state index contributed by atoms with van der Waals surface area (Å²) in [5.74, 6) is 1.23. The van der Waals surface area contributed by atoms with Crippen molar-refractivity contribution in [1.29, 1.82) is 0 Å². The minimum absolute atomic E-state index is 0.321. The third kappa shape index (κ3) is 3.66. The van der Waals surface area contributed by atoms with Crippen LogP contribution in [0.4, 0.5) is 11.5 Å². The highest BCUT2D eigenvalue weighted by atomic mass is 32.1. The number of rotatable bonds is 5. The molecule has 3 N–H and O–H groups in total. The Morgan fingerprint density at radius 2 is 2.14 bits per heavy atom. The maximum Gasteiger partial charge on any atom is 0.213 e. The molecule has 0 aromatic carbocycles. The fraction of sp³-hybridized carbons (Fsp3) is 0.267. The first kappa shape index (κ1) is 15.2. The molecule has 2 heterocycles. The first-order valence-corrected chi connectivity index (χ1v) is 7.06. The van der Waals surface area contributed by atoms with Crippen molar-refractivity contribution in [3.05, 3.63) is 41.2 Å². The van der Waals surface area contributed by atoms with Crippen LogP contribution in [0.2, 0.25) is 0 Å². The van der Waals surface area contributed by atoms with Crippen LogP contribution < -0.4 is 15.8 Å². The standard InChI is InChI=1S/C15H18N4OS/c1-4-20-12-6-5-11(8-17-12)19-15-13(14(16)21)9(2)7-10(3)18-15/h5-8H,4H2,1-3H3,(H2,16,21)(H,18,19). The molecule has 0 saturated carbocycles. The van der Waals surface area contributed by atoms with E-state index in [1.54, 1.807) is 12.3 Å². The fourth-order valence-electron chi connectivity index (χ4n) is 2.06. The topological polar surface area (TPSA) is 73.1 Å². The smallest absolute Gasteiger partial charge is 0.213 e. The molecule has 2 rings (SSSR count). The fourth-order valence-corrected chi connectivity index (χ4v) is 2.32. The average Bonchev–Trinajstić information content (AvgIpc) is 2.40. The van der Waals surface area contributed by atoms with Gasteiger partial charge >= 0.3 is 0 Å². The lowest BCUT2D eigenvalue weighted by Gasteiger charge is -2.13. The van der Waals surface area contributed by atoms with Crippen LogP contribution >= 0.6 is 12.2 Å². The maximum atomic E-state index is 5.80. The van der Waals surface area contributed by atoms with Gasteiger partial charge in [0.15, 0.2) is 0 Å². The summed E-state index contributed by atoms with van der Waals surface area (Å²) >= 11 is 5.11. The molecule has 0 atom stereocenters. The highest BCUT2D eigenvalue weighted by Crippen LogP contribution is 2.23. The van der Waals surface area contributed by atoms with Crippen molar-refractivity contribution in [2.24, 2.45) is 5.73 Å². The van der Waals surface area contributed by atoms with E-state index in [0.29, 0.717) is 23.3 Å². The number of nitrogens with two attached hydrogens (primary N) is 1. The number of anilines is 2. The Morgan fingerprint density at radius 3 is 2.71 bits per heavy atom. The Labute approximate surface area is 129 Å². The second kappa shape index (κ2) is 6.49. The molecule has 2 aromatic rings. The Bertz CT molecular complexity index is 655. The van der Waals surface area contributed by atoms with Crippen LogP contribution in [-0.2, 0) is 0 Å². The molecule has 0 bridgehead atoms. The quantitative estimate of drug-likeness (QED) is 0.827. The van der Waals surface area contributed by atoms with Gasteiger partial charge in [-0.1, -0.05) is 12.2 Å². The number of ether oxygens (including phenoxy) is 1. The van der Waals surface area contributed by atoms with Crippen molar-refractivity contribution < 1.29 is 4.74 Å². The summed E-state index contributed by atoms with van der Waals surface area (Å²) in [5.41, 5.74) is 9.25. The summed E-state index contributed by atoms with van der Waals surface area (Å²) in [7, 11) is 0. The van der Waals surface area contributed by atoms with Gasteiger partial charge in [-0.15, -0.1) is 0 Å². The van der Waals surface area contributed by atoms with Gasteiger partial charge < -0.3 is 15.8 Å². The van der Waals surface area contributed by atoms with E-state index in [4.69, 9.17) is 22.7 Å². The van der Waals surface area contributed by atoms with Gasteiger partial charge in [0, 0.05) is 11.8 Å². The predicted octanol–water partition coefficient (Wildman–Crippen LogP) is 2.87. The van der Waals surface area contributed by atoms with E-state index < -0.39 is 0 Å². The molecule has 0 saturated heterocycles. The molecule has 110 valence electrons. The van der Waals surface area contributed by atoms with Crippen molar-refractivity contribution in [2.75, 3.05) is 11.9 Å². The number of hydrogen-bond donors (Lipinski definition) is 2. The Morgan fingerprint density at radius 1 is 1.38 bits per heavy atom. The van der Waals surface area contributed by atoms with Gasteiger partial charge in [-0.3, -0.25) is 0 Å². The van der Waals surface area contributed by atoms with Crippen LogP contribution in [0.3, 0.4) is 0 Å². The van der Waals surface area contributed by atoms with Gasteiger partial charge in [-0.2, -0.15) is 0 Å². The second-order valence-electron chi connectivity index (χ2n) is 4.61. The number of nitrogens with zero attached hydrogens (tertiary/aromatic N) is 2. The van der Waals surface area contributed by atoms with Crippen molar-refractivity contribution in [1.82, 2.24) is 9.97 Å². The van der Waals surface area contributed by atoms with E-state index in [9.17, 15) is 0 Å². The number of nitrogens with one attached hydrogen (secondary N) is 1. The van der Waals surface area contributed by atoms with E-state index in [0.717, 1.165) is 22.5 Å². The molecule has 0 radical (unpaired) electrons. The summed E-state index contributed by atoms with van der Waals surface area (Å²) in [4.78, 5) is 9.00. The van der Waals surface area contributed by atoms with Crippen molar-refractivity contribution in [2.45, 2.75) is 20.8 Å².